The highest BCUT2D eigenvalue weighted by Gasteiger charge is 2.32. The second-order valence-electron chi connectivity index (χ2n) is 4.46. The summed E-state index contributed by atoms with van der Waals surface area (Å²) in [5.74, 6) is -0.569. The maximum atomic E-state index is 13.0. The molecular formula is C12H15FN2O5. The van der Waals surface area contributed by atoms with Crippen LogP contribution in [0.15, 0.2) is 18.2 Å². The minimum atomic E-state index is -1.76. The van der Waals surface area contributed by atoms with Crippen molar-refractivity contribution >= 4 is 11.0 Å². The zero-order chi connectivity index (χ0) is 14.9. The van der Waals surface area contributed by atoms with Gasteiger partial charge in [0.05, 0.1) is 17.6 Å². The number of aromatic amines is 1. The van der Waals surface area contributed by atoms with Gasteiger partial charge in [0, 0.05) is 0 Å². The van der Waals surface area contributed by atoms with Crippen LogP contribution in [0.4, 0.5) is 4.39 Å². The average Bonchev–Trinajstić information content (AvgIpc) is 2.86. The predicted octanol–water partition coefficient (Wildman–Crippen LogP) is -1.19. The van der Waals surface area contributed by atoms with Gasteiger partial charge in [0.15, 0.2) is 0 Å². The summed E-state index contributed by atoms with van der Waals surface area (Å²) < 4.78 is 13.0. The van der Waals surface area contributed by atoms with Crippen LogP contribution < -0.4 is 0 Å². The number of H-pyrrole nitrogens is 1. The molecule has 3 unspecified atom stereocenters. The summed E-state index contributed by atoms with van der Waals surface area (Å²) in [5, 5.41) is 47.0. The lowest BCUT2D eigenvalue weighted by Crippen LogP contribution is -2.42. The molecule has 1 aromatic carbocycles. The summed E-state index contributed by atoms with van der Waals surface area (Å²) in [7, 11) is 0. The Morgan fingerprint density at radius 1 is 1.15 bits per heavy atom. The normalized spacial score (nSPS) is 17.9. The van der Waals surface area contributed by atoms with Gasteiger partial charge in [-0.05, 0) is 18.2 Å². The van der Waals surface area contributed by atoms with Gasteiger partial charge in [0.1, 0.15) is 36.1 Å². The lowest BCUT2D eigenvalue weighted by atomic mass is 10.0. The Morgan fingerprint density at radius 3 is 2.50 bits per heavy atom. The molecule has 7 nitrogen and oxygen atoms in total. The molecule has 110 valence electrons. The Hall–Kier alpha value is -1.58. The van der Waals surface area contributed by atoms with Gasteiger partial charge in [-0.25, -0.2) is 9.37 Å². The van der Waals surface area contributed by atoms with Crippen LogP contribution in [-0.2, 0) is 0 Å². The molecule has 0 spiro atoms. The summed E-state index contributed by atoms with van der Waals surface area (Å²) >= 11 is 0. The largest absolute Gasteiger partial charge is 0.394 e. The van der Waals surface area contributed by atoms with Crippen LogP contribution in [0.25, 0.3) is 11.0 Å². The van der Waals surface area contributed by atoms with Gasteiger partial charge in [0.2, 0.25) is 0 Å². The van der Waals surface area contributed by atoms with E-state index in [-0.39, 0.29) is 5.82 Å². The van der Waals surface area contributed by atoms with Crippen LogP contribution in [0.2, 0.25) is 0 Å². The molecule has 0 amide bonds. The molecule has 0 bridgehead atoms. The molecule has 1 heterocycles. The molecule has 0 radical (unpaired) electrons. The summed E-state index contributed by atoms with van der Waals surface area (Å²) in [5.41, 5.74) is 0.702. The van der Waals surface area contributed by atoms with Gasteiger partial charge in [-0.1, -0.05) is 0 Å². The van der Waals surface area contributed by atoms with Crippen LogP contribution in [0.1, 0.15) is 11.9 Å². The summed E-state index contributed by atoms with van der Waals surface area (Å²) in [4.78, 5) is 6.57. The van der Waals surface area contributed by atoms with Gasteiger partial charge >= 0.3 is 0 Å². The molecular weight excluding hydrogens is 271 g/mol. The molecule has 0 fully saturated rings. The number of halogens is 1. The van der Waals surface area contributed by atoms with Gasteiger partial charge < -0.3 is 30.5 Å². The van der Waals surface area contributed by atoms with Crippen molar-refractivity contribution in [1.29, 1.82) is 0 Å². The quantitative estimate of drug-likeness (QED) is 0.410. The smallest absolute Gasteiger partial charge is 0.140 e. The highest BCUT2D eigenvalue weighted by Crippen LogP contribution is 2.21. The van der Waals surface area contributed by atoms with Gasteiger partial charge in [-0.3, -0.25) is 0 Å². The van der Waals surface area contributed by atoms with Crippen molar-refractivity contribution < 1.29 is 29.9 Å². The number of hydrogen-bond donors (Lipinski definition) is 6. The second-order valence-corrected chi connectivity index (χ2v) is 4.46. The Morgan fingerprint density at radius 2 is 1.85 bits per heavy atom. The van der Waals surface area contributed by atoms with Crippen LogP contribution in [0, 0.1) is 5.82 Å². The molecule has 4 atom stereocenters. The summed E-state index contributed by atoms with van der Waals surface area (Å²) in [6.07, 6.45) is -6.73. The average molecular weight is 286 g/mol. The van der Waals surface area contributed by atoms with E-state index in [9.17, 15) is 24.8 Å². The number of benzene rings is 1. The minimum absolute atomic E-state index is 0.0812. The number of nitrogens with zero attached hydrogens (tertiary/aromatic N) is 1. The van der Waals surface area contributed by atoms with E-state index in [1.807, 2.05) is 0 Å². The molecule has 0 aliphatic heterocycles. The number of aliphatic hydroxyl groups excluding tert-OH is 5. The Bertz CT molecular complexity index is 590. The van der Waals surface area contributed by atoms with E-state index in [0.29, 0.717) is 11.0 Å². The van der Waals surface area contributed by atoms with Crippen LogP contribution >= 0.6 is 0 Å². The van der Waals surface area contributed by atoms with Gasteiger partial charge in [-0.15, -0.1) is 0 Å². The number of fused-ring (bicyclic) bond motifs is 1. The van der Waals surface area contributed by atoms with E-state index in [1.54, 1.807) is 0 Å². The topological polar surface area (TPSA) is 130 Å². The molecule has 6 N–H and O–H groups in total. The number of aromatic nitrogens is 2. The van der Waals surface area contributed by atoms with E-state index in [0.717, 1.165) is 0 Å². The van der Waals surface area contributed by atoms with E-state index >= 15 is 0 Å². The Kier molecular flexibility index (Phi) is 4.31. The number of nitrogens with one attached hydrogen (secondary N) is 1. The molecule has 0 saturated carbocycles. The van der Waals surface area contributed by atoms with Crippen molar-refractivity contribution in [2.75, 3.05) is 6.61 Å². The fraction of sp³-hybridized carbons (Fsp3) is 0.417. The number of aliphatic hydroxyl groups is 5. The first-order valence-corrected chi connectivity index (χ1v) is 5.92. The van der Waals surface area contributed by atoms with Crippen LogP contribution in [0.3, 0.4) is 0 Å². The maximum Gasteiger partial charge on any atom is 0.140 e. The first kappa shape index (κ1) is 14.8. The van der Waals surface area contributed by atoms with Crippen LogP contribution in [-0.4, -0.2) is 60.4 Å². The third kappa shape index (κ3) is 2.79. The summed E-state index contributed by atoms with van der Waals surface area (Å²) in [6.45, 7) is -0.768. The molecule has 1 aromatic heterocycles. The van der Waals surface area contributed by atoms with Crippen molar-refractivity contribution in [2.24, 2.45) is 0 Å². The third-order valence-electron chi connectivity index (χ3n) is 3.00. The SMILES string of the molecule is OCC(O)[C@@H](O)C(O)C(O)c1nc2ccc(F)cc2[nH]1. The Balaban J connectivity index is 2.24. The van der Waals surface area contributed by atoms with E-state index in [4.69, 9.17) is 5.11 Å². The fourth-order valence-corrected chi connectivity index (χ4v) is 1.83. The first-order chi connectivity index (χ1) is 9.43. The van der Waals surface area contributed by atoms with E-state index < -0.39 is 36.8 Å². The third-order valence-corrected chi connectivity index (χ3v) is 3.00. The van der Waals surface area contributed by atoms with Gasteiger partial charge in [-0.2, -0.15) is 0 Å². The highest BCUT2D eigenvalue weighted by atomic mass is 19.1. The first-order valence-electron chi connectivity index (χ1n) is 5.92. The number of hydrogen-bond acceptors (Lipinski definition) is 6. The molecule has 2 aromatic rings. The Labute approximate surface area is 113 Å². The van der Waals surface area contributed by atoms with Crippen molar-refractivity contribution in [3.8, 4) is 0 Å². The molecule has 20 heavy (non-hydrogen) atoms. The standard InChI is InChI=1S/C12H15FN2O5/c13-5-1-2-6-7(3-5)15-12(14-6)11(20)10(19)9(18)8(17)4-16/h1-3,8-11,16-20H,4H2,(H,14,15)/t8?,9-,10?,11?/m1/s1. The zero-order valence-electron chi connectivity index (χ0n) is 10.3. The summed E-state index contributed by atoms with van der Waals surface area (Å²) in [6, 6.07) is 3.76. The molecule has 8 heteroatoms. The van der Waals surface area contributed by atoms with Crippen molar-refractivity contribution in [3.63, 3.8) is 0 Å². The second kappa shape index (κ2) is 5.81. The zero-order valence-corrected chi connectivity index (χ0v) is 10.3. The molecule has 0 aliphatic carbocycles. The minimum Gasteiger partial charge on any atom is -0.394 e. The monoisotopic (exact) mass is 286 g/mol. The number of rotatable bonds is 5. The van der Waals surface area contributed by atoms with Crippen molar-refractivity contribution in [1.82, 2.24) is 9.97 Å². The lowest BCUT2D eigenvalue weighted by molar-refractivity contribution is -0.117. The highest BCUT2D eigenvalue weighted by molar-refractivity contribution is 5.75. The molecule has 0 aliphatic rings. The fourth-order valence-electron chi connectivity index (χ4n) is 1.83. The molecule has 0 saturated heterocycles. The lowest BCUT2D eigenvalue weighted by Gasteiger charge is -2.24. The van der Waals surface area contributed by atoms with Crippen molar-refractivity contribution in [2.45, 2.75) is 24.4 Å². The van der Waals surface area contributed by atoms with E-state index in [2.05, 4.69) is 9.97 Å². The van der Waals surface area contributed by atoms with Gasteiger partial charge in [0.25, 0.3) is 0 Å². The maximum absolute atomic E-state index is 13.0. The predicted molar refractivity (Wildman–Crippen MR) is 66.1 cm³/mol. The number of imidazole rings is 1. The van der Waals surface area contributed by atoms with E-state index in [1.165, 1.54) is 18.2 Å². The molecule has 2 rings (SSSR count). The van der Waals surface area contributed by atoms with Crippen LogP contribution in [0.5, 0.6) is 0 Å². The van der Waals surface area contributed by atoms with Crippen molar-refractivity contribution in [3.05, 3.63) is 29.8 Å².